The molecule has 4 nitrogen and oxygen atoms in total. The summed E-state index contributed by atoms with van der Waals surface area (Å²) in [6, 6.07) is 3.90. The number of fused-ring (bicyclic) bond motifs is 1. The van der Waals surface area contributed by atoms with E-state index in [1.165, 1.54) is 6.07 Å². The number of hydrogen-bond donors (Lipinski definition) is 3. The van der Waals surface area contributed by atoms with E-state index in [1.54, 1.807) is 13.0 Å². The van der Waals surface area contributed by atoms with Crippen LogP contribution in [0, 0.1) is 12.7 Å². The Hall–Kier alpha value is -1.66. The molecule has 0 radical (unpaired) electrons. The van der Waals surface area contributed by atoms with Crippen LogP contribution in [0.4, 0.5) is 4.39 Å². The number of hydrogen-bond acceptors (Lipinski definition) is 3. The molecular weight excluding hydrogens is 212 g/mol. The van der Waals surface area contributed by atoms with Gasteiger partial charge in [0.15, 0.2) is 0 Å². The lowest BCUT2D eigenvalue weighted by Gasteiger charge is -2.05. The van der Waals surface area contributed by atoms with Crippen LogP contribution < -0.4 is 11.0 Å². The van der Waals surface area contributed by atoms with Gasteiger partial charge in [0.05, 0.1) is 0 Å². The van der Waals surface area contributed by atoms with Crippen molar-refractivity contribution in [2.45, 2.75) is 6.92 Å². The van der Waals surface area contributed by atoms with Gasteiger partial charge in [0.2, 0.25) is 0 Å². The van der Waals surface area contributed by atoms with E-state index in [0.29, 0.717) is 11.1 Å². The molecule has 0 fully saturated rings. The number of halogens is 1. The molecule has 82 valence electrons. The van der Waals surface area contributed by atoms with Crippen molar-refractivity contribution in [3.05, 3.63) is 40.1 Å². The molecule has 0 aliphatic rings. The van der Waals surface area contributed by atoms with Gasteiger partial charge < -0.3 is 15.0 Å². The second-order valence-electron chi connectivity index (χ2n) is 3.62. The number of rotatable bonds is 1. The highest BCUT2D eigenvalue weighted by Gasteiger charge is 2.17. The third-order valence-electron chi connectivity index (χ3n) is 2.37. The number of H-pyrrole nitrogens is 1. The second kappa shape index (κ2) is 3.73. The predicted octanol–water partition coefficient (Wildman–Crippen LogP) is -0.345. The van der Waals surface area contributed by atoms with Crippen LogP contribution in [0.1, 0.15) is 5.69 Å². The zero-order chi connectivity index (χ0) is 11.9. The molecule has 0 saturated heterocycles. The molecule has 0 atom stereocenters. The van der Waals surface area contributed by atoms with Crippen molar-refractivity contribution in [1.29, 1.82) is 0 Å². The lowest BCUT2D eigenvalue weighted by Crippen LogP contribution is -2.33. The van der Waals surface area contributed by atoms with Crippen LogP contribution in [0.15, 0.2) is 23.0 Å². The zero-order valence-corrected chi connectivity index (χ0v) is 8.49. The standard InChI is InChI=1S/C10H9BFNO3/c1-5-2-6-3-8(11(15)16)9(12)4-7(6)10(14)13-5/h2-4,15-16H,1H3,(H,13,14). The maximum absolute atomic E-state index is 13.4. The summed E-state index contributed by atoms with van der Waals surface area (Å²) in [6.45, 7) is 1.69. The summed E-state index contributed by atoms with van der Waals surface area (Å²) in [5, 5.41) is 18.5. The fourth-order valence-electron chi connectivity index (χ4n) is 1.64. The average molecular weight is 221 g/mol. The van der Waals surface area contributed by atoms with Gasteiger partial charge in [-0.1, -0.05) is 6.07 Å². The van der Waals surface area contributed by atoms with E-state index in [2.05, 4.69) is 4.98 Å². The highest BCUT2D eigenvalue weighted by atomic mass is 19.1. The molecule has 6 heteroatoms. The van der Waals surface area contributed by atoms with Gasteiger partial charge in [-0.3, -0.25) is 4.79 Å². The van der Waals surface area contributed by atoms with Crippen molar-refractivity contribution in [3.63, 3.8) is 0 Å². The number of benzene rings is 1. The van der Waals surface area contributed by atoms with Crippen molar-refractivity contribution < 1.29 is 14.4 Å². The molecule has 1 heterocycles. The summed E-state index contributed by atoms with van der Waals surface area (Å²) in [7, 11) is -1.89. The Morgan fingerprint density at radius 3 is 2.62 bits per heavy atom. The minimum atomic E-state index is -1.89. The molecule has 0 unspecified atom stereocenters. The molecule has 16 heavy (non-hydrogen) atoms. The molecular formula is C10H9BFNO3. The highest BCUT2D eigenvalue weighted by Crippen LogP contribution is 2.11. The topological polar surface area (TPSA) is 73.3 Å². The summed E-state index contributed by atoms with van der Waals surface area (Å²) in [5.74, 6) is -0.808. The molecule has 0 aliphatic heterocycles. The minimum Gasteiger partial charge on any atom is -0.423 e. The van der Waals surface area contributed by atoms with E-state index in [1.807, 2.05) is 0 Å². The van der Waals surface area contributed by atoms with Crippen LogP contribution in [0.25, 0.3) is 10.8 Å². The molecule has 0 bridgehead atoms. The summed E-state index contributed by atoms with van der Waals surface area (Å²) in [6.07, 6.45) is 0. The summed E-state index contributed by atoms with van der Waals surface area (Å²) in [5.41, 5.74) is -0.00660. The maximum Gasteiger partial charge on any atom is 0.491 e. The van der Waals surface area contributed by atoms with Crippen LogP contribution >= 0.6 is 0 Å². The van der Waals surface area contributed by atoms with Gasteiger partial charge in [-0.2, -0.15) is 0 Å². The summed E-state index contributed by atoms with van der Waals surface area (Å²) in [4.78, 5) is 14.0. The number of aryl methyl sites for hydroxylation is 1. The predicted molar refractivity (Wildman–Crippen MR) is 59.1 cm³/mol. The Morgan fingerprint density at radius 2 is 2.00 bits per heavy atom. The SMILES string of the molecule is Cc1cc2cc(B(O)O)c(F)cc2c(=O)[nH]1. The van der Waals surface area contributed by atoms with Crippen molar-refractivity contribution in [2.24, 2.45) is 0 Å². The van der Waals surface area contributed by atoms with E-state index < -0.39 is 18.5 Å². The van der Waals surface area contributed by atoms with Gasteiger partial charge >= 0.3 is 7.12 Å². The molecule has 0 spiro atoms. The fraction of sp³-hybridized carbons (Fsp3) is 0.100. The van der Waals surface area contributed by atoms with Gasteiger partial charge in [-0.15, -0.1) is 0 Å². The lowest BCUT2D eigenvalue weighted by molar-refractivity contribution is 0.423. The first kappa shape index (κ1) is 10.8. The van der Waals surface area contributed by atoms with E-state index in [-0.39, 0.29) is 10.8 Å². The molecule has 2 aromatic rings. The van der Waals surface area contributed by atoms with Crippen LogP contribution in [-0.2, 0) is 0 Å². The van der Waals surface area contributed by atoms with Crippen LogP contribution in [0.2, 0.25) is 0 Å². The molecule has 3 N–H and O–H groups in total. The minimum absolute atomic E-state index is 0.188. The first-order valence-electron chi connectivity index (χ1n) is 4.68. The van der Waals surface area contributed by atoms with Crippen molar-refractivity contribution in [2.75, 3.05) is 0 Å². The fourth-order valence-corrected chi connectivity index (χ4v) is 1.64. The Balaban J connectivity index is 2.84. The number of nitrogens with one attached hydrogen (secondary N) is 1. The Bertz CT molecular complexity index is 609. The van der Waals surface area contributed by atoms with Gasteiger partial charge in [0.25, 0.3) is 5.56 Å². The molecule has 0 saturated carbocycles. The number of aromatic nitrogens is 1. The summed E-state index contributed by atoms with van der Waals surface area (Å²) >= 11 is 0. The monoisotopic (exact) mass is 221 g/mol. The largest absolute Gasteiger partial charge is 0.491 e. The smallest absolute Gasteiger partial charge is 0.423 e. The van der Waals surface area contributed by atoms with Gasteiger partial charge in [-0.05, 0) is 24.4 Å². The van der Waals surface area contributed by atoms with Crippen LogP contribution in [0.5, 0.6) is 0 Å². The lowest BCUT2D eigenvalue weighted by atomic mass is 9.79. The Kier molecular flexibility index (Phi) is 2.53. The molecule has 1 aromatic carbocycles. The Morgan fingerprint density at radius 1 is 1.31 bits per heavy atom. The third kappa shape index (κ3) is 1.73. The average Bonchev–Trinajstić information content (AvgIpc) is 2.18. The van der Waals surface area contributed by atoms with E-state index in [0.717, 1.165) is 6.07 Å². The quantitative estimate of drug-likeness (QED) is 0.576. The van der Waals surface area contributed by atoms with Crippen molar-refractivity contribution >= 4 is 23.4 Å². The normalized spacial score (nSPS) is 10.8. The van der Waals surface area contributed by atoms with Crippen molar-refractivity contribution in [1.82, 2.24) is 4.98 Å². The van der Waals surface area contributed by atoms with E-state index >= 15 is 0 Å². The van der Waals surface area contributed by atoms with Gasteiger partial charge in [0.1, 0.15) is 5.82 Å². The first-order valence-corrected chi connectivity index (χ1v) is 4.68. The van der Waals surface area contributed by atoms with E-state index in [4.69, 9.17) is 10.0 Å². The van der Waals surface area contributed by atoms with E-state index in [9.17, 15) is 9.18 Å². The molecule has 0 amide bonds. The second-order valence-corrected chi connectivity index (χ2v) is 3.62. The van der Waals surface area contributed by atoms with Crippen LogP contribution in [-0.4, -0.2) is 22.2 Å². The summed E-state index contributed by atoms with van der Waals surface area (Å²) < 4.78 is 13.4. The third-order valence-corrected chi connectivity index (χ3v) is 2.37. The van der Waals surface area contributed by atoms with Gasteiger partial charge in [0, 0.05) is 16.5 Å². The molecule has 1 aromatic heterocycles. The Labute approximate surface area is 90.5 Å². The maximum atomic E-state index is 13.4. The van der Waals surface area contributed by atoms with Crippen LogP contribution in [0.3, 0.4) is 0 Å². The zero-order valence-electron chi connectivity index (χ0n) is 8.49. The van der Waals surface area contributed by atoms with Gasteiger partial charge in [-0.25, -0.2) is 4.39 Å². The molecule has 0 aliphatic carbocycles. The van der Waals surface area contributed by atoms with Crippen molar-refractivity contribution in [3.8, 4) is 0 Å². The first-order chi connectivity index (χ1) is 7.49. The highest BCUT2D eigenvalue weighted by molar-refractivity contribution is 6.59. The molecule has 2 rings (SSSR count). The number of aromatic amines is 1. The number of pyridine rings is 1.